The SMILES string of the molecule is CC.CC1=C(c2ccc(-c3ccc(-c4ccc(C)cc4C4CC4)c(C)c3)c(-c3ccccc3C)c2C)C=CCC1.CCC(C)c1cccc2c1C1CC1c1ccccc1-2.Cc1ccc(-c2ccccc2)cc1. The standard InChI is InChI=1S/C38H38.C19H20.C13H12.C2H6/c1-24-14-18-36(37(22-24)29-15-16-29)32-19-17-30(23-27(32)4)35-21-20-34(31-12-8-6-10-25(31)2)28(5)38(35)33-13-9-7-11-26(33)3;1-3-12(2)13-9-6-10-16-14-7-4-5-8-15(14)17-11-18(17)19(13)16;1-11-7-9-13(10-8-11)12-5-3-2-4-6-12;1-2/h7-9,11-14,17-23,29H,6,10,15-16H2,1-5H3;4-10,12,17-18H,3,11H2,1-2H3;2-10H,1H3;1-2H3. The van der Waals surface area contributed by atoms with Crippen LogP contribution in [0.15, 0.2) is 188 Å². The predicted molar refractivity (Wildman–Crippen MR) is 313 cm³/mol. The van der Waals surface area contributed by atoms with Gasteiger partial charge in [-0.25, -0.2) is 0 Å². The van der Waals surface area contributed by atoms with E-state index in [0.29, 0.717) is 5.92 Å². The Bertz CT molecular complexity index is 3240. The van der Waals surface area contributed by atoms with Gasteiger partial charge in [-0.05, 0) is 209 Å². The lowest BCUT2D eigenvalue weighted by molar-refractivity contribution is 0.720. The molecule has 4 aliphatic rings. The Hall–Kier alpha value is -6.76. The quantitative estimate of drug-likeness (QED) is 0.142. The first kappa shape index (κ1) is 50.2. The van der Waals surface area contributed by atoms with E-state index in [4.69, 9.17) is 0 Å². The number of hydrogen-bond acceptors (Lipinski definition) is 0. The third kappa shape index (κ3) is 10.6. The maximum Gasteiger partial charge on any atom is -0.00673 e. The Kier molecular flexibility index (Phi) is 15.6. The molecule has 8 aromatic rings. The molecule has 2 fully saturated rings. The molecule has 0 N–H and O–H groups in total. The summed E-state index contributed by atoms with van der Waals surface area (Å²) >= 11 is 0. The van der Waals surface area contributed by atoms with Crippen LogP contribution in [-0.4, -0.2) is 0 Å². The monoisotopic (exact) mass is 941 g/mol. The van der Waals surface area contributed by atoms with Crippen molar-refractivity contribution in [3.05, 3.63) is 243 Å². The van der Waals surface area contributed by atoms with Gasteiger partial charge in [0.15, 0.2) is 0 Å². The van der Waals surface area contributed by atoms with E-state index < -0.39 is 0 Å². The highest BCUT2D eigenvalue weighted by Crippen LogP contribution is 2.63. The number of fused-ring (bicyclic) bond motifs is 6. The van der Waals surface area contributed by atoms with Crippen LogP contribution < -0.4 is 0 Å². The van der Waals surface area contributed by atoms with Gasteiger partial charge in [0, 0.05) is 0 Å². The van der Waals surface area contributed by atoms with E-state index in [1.807, 2.05) is 19.9 Å². The molecule has 8 aromatic carbocycles. The van der Waals surface area contributed by atoms with Crippen LogP contribution in [0.5, 0.6) is 0 Å². The first-order chi connectivity index (χ1) is 35.1. The lowest BCUT2D eigenvalue weighted by Gasteiger charge is -2.24. The fourth-order valence-electron chi connectivity index (χ4n) is 11.5. The van der Waals surface area contributed by atoms with Crippen LogP contribution in [0.1, 0.15) is 152 Å². The zero-order chi connectivity index (χ0) is 50.5. The van der Waals surface area contributed by atoms with Gasteiger partial charge >= 0.3 is 0 Å². The van der Waals surface area contributed by atoms with Gasteiger partial charge in [0.2, 0.25) is 0 Å². The number of aryl methyl sites for hydroxylation is 4. The molecule has 0 nitrogen and oxygen atoms in total. The maximum absolute atomic E-state index is 2.41. The second-order valence-electron chi connectivity index (χ2n) is 20.9. The number of benzene rings is 8. The van der Waals surface area contributed by atoms with Crippen LogP contribution in [-0.2, 0) is 0 Å². The van der Waals surface area contributed by atoms with E-state index in [1.165, 1.54) is 131 Å². The Morgan fingerprint density at radius 2 is 1.10 bits per heavy atom. The number of hydrogen-bond donors (Lipinski definition) is 0. The molecule has 2 saturated carbocycles. The van der Waals surface area contributed by atoms with E-state index in [-0.39, 0.29) is 0 Å². The van der Waals surface area contributed by atoms with Crippen molar-refractivity contribution in [3.8, 4) is 55.6 Å². The molecule has 0 heterocycles. The molecule has 364 valence electrons. The minimum absolute atomic E-state index is 0.682. The molecule has 12 rings (SSSR count). The molecule has 0 aromatic heterocycles. The van der Waals surface area contributed by atoms with Crippen molar-refractivity contribution in [2.45, 2.75) is 131 Å². The van der Waals surface area contributed by atoms with Gasteiger partial charge < -0.3 is 0 Å². The summed E-state index contributed by atoms with van der Waals surface area (Å²) in [6.07, 6.45) is 12.2. The highest BCUT2D eigenvalue weighted by molar-refractivity contribution is 5.93. The highest BCUT2D eigenvalue weighted by atomic mass is 14.5. The molecular weight excluding hydrogens is 865 g/mol. The van der Waals surface area contributed by atoms with Crippen molar-refractivity contribution in [2.24, 2.45) is 0 Å². The Balaban J connectivity index is 0.000000155. The van der Waals surface area contributed by atoms with E-state index in [0.717, 1.165) is 30.6 Å². The molecule has 72 heavy (non-hydrogen) atoms. The minimum Gasteiger partial charge on any atom is -0.0836 e. The summed E-state index contributed by atoms with van der Waals surface area (Å²) in [5.74, 6) is 3.02. The van der Waals surface area contributed by atoms with Crippen molar-refractivity contribution >= 4 is 5.57 Å². The van der Waals surface area contributed by atoms with Gasteiger partial charge in [0.25, 0.3) is 0 Å². The van der Waals surface area contributed by atoms with Crippen LogP contribution in [0, 0.1) is 34.6 Å². The highest BCUT2D eigenvalue weighted by Gasteiger charge is 2.46. The average molecular weight is 941 g/mol. The molecule has 0 spiro atoms. The molecule has 3 unspecified atom stereocenters. The fraction of sp³-hybridized carbons (Fsp3) is 0.278. The predicted octanol–water partition coefficient (Wildman–Crippen LogP) is 21.1. The average Bonchev–Trinajstić information content (AvgIpc) is 4.37. The maximum atomic E-state index is 2.41. The van der Waals surface area contributed by atoms with Crippen LogP contribution in [0.25, 0.3) is 61.2 Å². The second kappa shape index (κ2) is 22.3. The van der Waals surface area contributed by atoms with Crippen molar-refractivity contribution in [3.63, 3.8) is 0 Å². The third-order valence-electron chi connectivity index (χ3n) is 15.9. The third-order valence-corrected chi connectivity index (χ3v) is 15.9. The molecule has 0 heteroatoms. The molecule has 0 saturated heterocycles. The van der Waals surface area contributed by atoms with Gasteiger partial charge in [-0.15, -0.1) is 0 Å². The van der Waals surface area contributed by atoms with E-state index in [9.17, 15) is 0 Å². The molecule has 0 radical (unpaired) electrons. The minimum atomic E-state index is 0.682. The van der Waals surface area contributed by atoms with Crippen molar-refractivity contribution in [1.82, 2.24) is 0 Å². The van der Waals surface area contributed by atoms with Crippen LogP contribution in [0.4, 0.5) is 0 Å². The summed E-state index contributed by atoms with van der Waals surface area (Å²) in [7, 11) is 0. The van der Waals surface area contributed by atoms with Gasteiger partial charge in [-0.3, -0.25) is 0 Å². The molecule has 3 atom stereocenters. The van der Waals surface area contributed by atoms with E-state index in [2.05, 4.69) is 231 Å². The molecule has 0 amide bonds. The van der Waals surface area contributed by atoms with Crippen molar-refractivity contribution in [1.29, 1.82) is 0 Å². The van der Waals surface area contributed by atoms with Gasteiger partial charge in [-0.1, -0.05) is 226 Å². The summed E-state index contributed by atoms with van der Waals surface area (Å²) in [6, 6.07) is 62.7. The summed E-state index contributed by atoms with van der Waals surface area (Å²) < 4.78 is 0. The lowest BCUT2D eigenvalue weighted by Crippen LogP contribution is -2.05. The van der Waals surface area contributed by atoms with Gasteiger partial charge in [0.1, 0.15) is 0 Å². The van der Waals surface area contributed by atoms with Crippen LogP contribution in [0.3, 0.4) is 0 Å². The normalized spacial score (nSPS) is 16.3. The fourth-order valence-corrected chi connectivity index (χ4v) is 11.5. The molecule has 0 bridgehead atoms. The van der Waals surface area contributed by atoms with Crippen LogP contribution >= 0.6 is 0 Å². The van der Waals surface area contributed by atoms with Crippen molar-refractivity contribution < 1.29 is 0 Å². The number of rotatable bonds is 8. The topological polar surface area (TPSA) is 0 Å². The zero-order valence-electron chi connectivity index (χ0n) is 44.9. The Labute approximate surface area is 433 Å². The van der Waals surface area contributed by atoms with Crippen LogP contribution in [0.2, 0.25) is 0 Å². The smallest absolute Gasteiger partial charge is 0.00673 e. The summed E-state index contributed by atoms with van der Waals surface area (Å²) in [4.78, 5) is 0. The Morgan fingerprint density at radius 1 is 0.486 bits per heavy atom. The van der Waals surface area contributed by atoms with E-state index >= 15 is 0 Å². The van der Waals surface area contributed by atoms with E-state index in [1.54, 1.807) is 16.7 Å². The lowest BCUT2D eigenvalue weighted by atomic mass is 9.80. The van der Waals surface area contributed by atoms with Gasteiger partial charge in [0.05, 0.1) is 0 Å². The second-order valence-corrected chi connectivity index (χ2v) is 20.9. The van der Waals surface area contributed by atoms with Gasteiger partial charge in [-0.2, -0.15) is 0 Å². The molecule has 4 aliphatic carbocycles. The summed E-state index contributed by atoms with van der Waals surface area (Å²) in [6.45, 7) is 22.1. The summed E-state index contributed by atoms with van der Waals surface area (Å²) in [5, 5.41) is 0. The first-order valence-electron chi connectivity index (χ1n) is 27.2. The largest absolute Gasteiger partial charge is 0.0836 e. The van der Waals surface area contributed by atoms with Crippen molar-refractivity contribution in [2.75, 3.05) is 0 Å². The first-order valence-corrected chi connectivity index (χ1v) is 27.2. The molecule has 0 aliphatic heterocycles. The zero-order valence-corrected chi connectivity index (χ0v) is 44.9. The number of allylic oxidation sites excluding steroid dienone is 4. The molecular formula is C72H76. The Morgan fingerprint density at radius 3 is 1.81 bits per heavy atom. The summed E-state index contributed by atoms with van der Waals surface area (Å²) in [5.41, 5.74) is 31.0.